The summed E-state index contributed by atoms with van der Waals surface area (Å²) in [5.74, 6) is -0.154. The zero-order chi connectivity index (χ0) is 15.6. The SMILES string of the molecule is O=C(/C=C/c1nc2ccccc2s1)Nc1ccc2sccc2c1. The molecule has 0 aliphatic heterocycles. The third kappa shape index (κ3) is 3.02. The second-order valence-corrected chi connectivity index (χ2v) is 7.03. The number of carbonyl (C=O) groups is 1. The summed E-state index contributed by atoms with van der Waals surface area (Å²) in [6.45, 7) is 0. The Morgan fingerprint density at radius 1 is 1.09 bits per heavy atom. The molecule has 1 amide bonds. The second-order valence-electron chi connectivity index (χ2n) is 5.02. The average Bonchev–Trinajstić information content (AvgIpc) is 3.18. The molecule has 112 valence electrons. The lowest BCUT2D eigenvalue weighted by Gasteiger charge is -2.01. The molecule has 3 nitrogen and oxygen atoms in total. The first-order chi connectivity index (χ1) is 11.3. The summed E-state index contributed by atoms with van der Waals surface area (Å²) in [5, 5.41) is 6.90. The van der Waals surface area contributed by atoms with E-state index in [9.17, 15) is 4.79 Å². The van der Waals surface area contributed by atoms with Gasteiger partial charge in [0.1, 0.15) is 5.01 Å². The number of amides is 1. The van der Waals surface area contributed by atoms with Crippen molar-refractivity contribution in [2.24, 2.45) is 0 Å². The van der Waals surface area contributed by atoms with Gasteiger partial charge in [0.05, 0.1) is 10.2 Å². The molecule has 23 heavy (non-hydrogen) atoms. The van der Waals surface area contributed by atoms with E-state index in [4.69, 9.17) is 0 Å². The minimum absolute atomic E-state index is 0.154. The van der Waals surface area contributed by atoms with Gasteiger partial charge in [-0.15, -0.1) is 22.7 Å². The fourth-order valence-corrected chi connectivity index (χ4v) is 3.98. The first-order valence-electron chi connectivity index (χ1n) is 7.10. The van der Waals surface area contributed by atoms with Crippen LogP contribution in [-0.2, 0) is 4.79 Å². The summed E-state index contributed by atoms with van der Waals surface area (Å²) < 4.78 is 2.34. The quantitative estimate of drug-likeness (QED) is 0.525. The molecule has 1 N–H and O–H groups in total. The van der Waals surface area contributed by atoms with E-state index >= 15 is 0 Å². The van der Waals surface area contributed by atoms with Crippen LogP contribution >= 0.6 is 22.7 Å². The summed E-state index contributed by atoms with van der Waals surface area (Å²) in [6.07, 6.45) is 3.28. The minimum Gasteiger partial charge on any atom is -0.322 e. The van der Waals surface area contributed by atoms with E-state index in [1.54, 1.807) is 28.7 Å². The monoisotopic (exact) mass is 336 g/mol. The van der Waals surface area contributed by atoms with Gasteiger partial charge in [-0.05, 0) is 53.2 Å². The van der Waals surface area contributed by atoms with Crippen LogP contribution in [0.2, 0.25) is 0 Å². The number of carbonyl (C=O) groups excluding carboxylic acids is 1. The molecule has 0 saturated heterocycles. The van der Waals surface area contributed by atoms with Crippen molar-refractivity contribution in [3.8, 4) is 0 Å². The highest BCUT2D eigenvalue weighted by molar-refractivity contribution is 7.19. The summed E-state index contributed by atoms with van der Waals surface area (Å²) in [4.78, 5) is 16.5. The summed E-state index contributed by atoms with van der Waals surface area (Å²) in [7, 11) is 0. The van der Waals surface area contributed by atoms with Crippen molar-refractivity contribution in [3.63, 3.8) is 0 Å². The summed E-state index contributed by atoms with van der Waals surface area (Å²) >= 11 is 3.26. The van der Waals surface area contributed by atoms with E-state index in [1.165, 1.54) is 10.8 Å². The largest absolute Gasteiger partial charge is 0.322 e. The number of thiophene rings is 1. The Bertz CT molecular complexity index is 997. The van der Waals surface area contributed by atoms with Crippen molar-refractivity contribution in [2.45, 2.75) is 0 Å². The maximum atomic E-state index is 12.1. The molecular formula is C18H12N2OS2. The minimum atomic E-state index is -0.154. The van der Waals surface area contributed by atoms with Crippen molar-refractivity contribution >= 4 is 60.6 Å². The molecule has 5 heteroatoms. The molecule has 0 spiro atoms. The van der Waals surface area contributed by atoms with E-state index in [0.29, 0.717) is 0 Å². The highest BCUT2D eigenvalue weighted by Crippen LogP contribution is 2.24. The van der Waals surface area contributed by atoms with Crippen LogP contribution in [0.1, 0.15) is 5.01 Å². The van der Waals surface area contributed by atoms with Gasteiger partial charge < -0.3 is 5.32 Å². The van der Waals surface area contributed by atoms with Gasteiger partial charge in [0.2, 0.25) is 5.91 Å². The van der Waals surface area contributed by atoms with Crippen LogP contribution in [0, 0.1) is 0 Å². The zero-order valence-corrected chi connectivity index (χ0v) is 13.7. The number of hydrogen-bond acceptors (Lipinski definition) is 4. The number of fused-ring (bicyclic) bond motifs is 2. The van der Waals surface area contributed by atoms with Crippen molar-refractivity contribution in [1.29, 1.82) is 0 Å². The molecule has 0 aliphatic rings. The molecule has 0 radical (unpaired) electrons. The Labute approximate surface area is 140 Å². The fourth-order valence-electron chi connectivity index (χ4n) is 2.34. The summed E-state index contributed by atoms with van der Waals surface area (Å²) in [5.41, 5.74) is 1.76. The van der Waals surface area contributed by atoms with Crippen LogP contribution in [0.3, 0.4) is 0 Å². The fraction of sp³-hybridized carbons (Fsp3) is 0. The number of para-hydroxylation sites is 1. The molecule has 0 atom stereocenters. The number of benzene rings is 2. The first-order valence-corrected chi connectivity index (χ1v) is 8.79. The number of anilines is 1. The predicted octanol–water partition coefficient (Wildman–Crippen LogP) is 5.16. The second kappa shape index (κ2) is 5.95. The predicted molar refractivity (Wildman–Crippen MR) is 99.1 cm³/mol. The third-order valence-electron chi connectivity index (χ3n) is 3.41. The van der Waals surface area contributed by atoms with Crippen molar-refractivity contribution in [3.05, 3.63) is 65.0 Å². The van der Waals surface area contributed by atoms with Crippen LogP contribution in [0.4, 0.5) is 5.69 Å². The van der Waals surface area contributed by atoms with E-state index in [2.05, 4.69) is 10.3 Å². The average molecular weight is 336 g/mol. The Balaban J connectivity index is 1.50. The van der Waals surface area contributed by atoms with Gasteiger partial charge in [-0.25, -0.2) is 4.98 Å². The number of nitrogens with one attached hydrogen (secondary N) is 1. The number of aromatic nitrogens is 1. The number of thiazole rings is 1. The highest BCUT2D eigenvalue weighted by atomic mass is 32.1. The topological polar surface area (TPSA) is 42.0 Å². The Morgan fingerprint density at radius 3 is 2.91 bits per heavy atom. The van der Waals surface area contributed by atoms with Gasteiger partial charge in [-0.1, -0.05) is 12.1 Å². The normalized spacial score (nSPS) is 11.5. The first kappa shape index (κ1) is 14.1. The molecule has 0 saturated carbocycles. The van der Waals surface area contributed by atoms with E-state index in [1.807, 2.05) is 53.9 Å². The van der Waals surface area contributed by atoms with Crippen molar-refractivity contribution in [2.75, 3.05) is 5.32 Å². The lowest BCUT2D eigenvalue weighted by atomic mass is 10.2. The molecule has 0 aliphatic carbocycles. The van der Waals surface area contributed by atoms with Crippen LogP contribution in [0.5, 0.6) is 0 Å². The van der Waals surface area contributed by atoms with Gasteiger partial charge in [0, 0.05) is 16.5 Å². The van der Waals surface area contributed by atoms with E-state index in [-0.39, 0.29) is 5.91 Å². The highest BCUT2D eigenvalue weighted by Gasteiger charge is 2.03. The summed E-state index contributed by atoms with van der Waals surface area (Å²) in [6, 6.07) is 15.9. The van der Waals surface area contributed by atoms with E-state index in [0.717, 1.165) is 26.3 Å². The molecule has 4 aromatic rings. The maximum absolute atomic E-state index is 12.1. The van der Waals surface area contributed by atoms with Gasteiger partial charge in [-0.2, -0.15) is 0 Å². The van der Waals surface area contributed by atoms with Crippen LogP contribution < -0.4 is 5.32 Å². The Morgan fingerprint density at radius 2 is 2.00 bits per heavy atom. The van der Waals surface area contributed by atoms with Crippen molar-refractivity contribution < 1.29 is 4.79 Å². The molecular weight excluding hydrogens is 324 g/mol. The number of rotatable bonds is 3. The maximum Gasteiger partial charge on any atom is 0.248 e. The molecule has 0 bridgehead atoms. The van der Waals surface area contributed by atoms with Crippen LogP contribution in [-0.4, -0.2) is 10.9 Å². The lowest BCUT2D eigenvalue weighted by Crippen LogP contribution is -2.07. The Hall–Kier alpha value is -2.50. The molecule has 0 fully saturated rings. The lowest BCUT2D eigenvalue weighted by molar-refractivity contribution is -0.111. The number of hydrogen-bond donors (Lipinski definition) is 1. The molecule has 2 aromatic heterocycles. The third-order valence-corrected chi connectivity index (χ3v) is 5.31. The zero-order valence-electron chi connectivity index (χ0n) is 12.0. The van der Waals surface area contributed by atoms with Gasteiger partial charge in [-0.3, -0.25) is 4.79 Å². The molecule has 2 heterocycles. The van der Waals surface area contributed by atoms with Gasteiger partial charge >= 0.3 is 0 Å². The number of nitrogens with zero attached hydrogens (tertiary/aromatic N) is 1. The molecule has 4 rings (SSSR count). The standard InChI is InChI=1S/C18H12N2OS2/c21-17(19-13-5-6-15-12(11-13)9-10-22-15)7-8-18-20-14-3-1-2-4-16(14)23-18/h1-11H,(H,19,21)/b8-7+. The molecule has 2 aromatic carbocycles. The smallest absolute Gasteiger partial charge is 0.248 e. The van der Waals surface area contributed by atoms with Crippen molar-refractivity contribution in [1.82, 2.24) is 4.98 Å². The Kier molecular flexibility index (Phi) is 3.65. The van der Waals surface area contributed by atoms with Crippen LogP contribution in [0.15, 0.2) is 60.0 Å². The van der Waals surface area contributed by atoms with E-state index < -0.39 is 0 Å². The van der Waals surface area contributed by atoms with Gasteiger partial charge in [0.15, 0.2) is 0 Å². The van der Waals surface area contributed by atoms with Crippen LogP contribution in [0.25, 0.3) is 26.4 Å². The van der Waals surface area contributed by atoms with Gasteiger partial charge in [0.25, 0.3) is 0 Å². The molecule has 0 unspecified atom stereocenters.